The van der Waals surface area contributed by atoms with Gasteiger partial charge in [0.05, 0.1) is 40.1 Å². The van der Waals surface area contributed by atoms with Crippen LogP contribution in [-0.2, 0) is 19.5 Å². The summed E-state index contributed by atoms with van der Waals surface area (Å²) in [5.74, 6) is 1.46. The molecule has 0 radical (unpaired) electrons. The molecule has 0 aliphatic carbocycles. The maximum atomic E-state index is 5.65. The van der Waals surface area contributed by atoms with Gasteiger partial charge in [0.25, 0.3) is 0 Å². The second-order valence-electron chi connectivity index (χ2n) is 4.18. The van der Waals surface area contributed by atoms with Crippen molar-refractivity contribution < 1.29 is 23.7 Å². The Morgan fingerprint density at radius 2 is 1.52 bits per heavy atom. The molecule has 0 saturated carbocycles. The second kappa shape index (κ2) is 11.8. The third-order valence-electron chi connectivity index (χ3n) is 2.67. The average molecular weight is 363 g/mol. The molecule has 0 N–H and O–H groups in total. The van der Waals surface area contributed by atoms with E-state index in [4.69, 9.17) is 23.7 Å². The molecule has 5 nitrogen and oxygen atoms in total. The summed E-state index contributed by atoms with van der Waals surface area (Å²) in [4.78, 5) is 0. The van der Waals surface area contributed by atoms with E-state index in [-0.39, 0.29) is 0 Å². The molecule has 21 heavy (non-hydrogen) atoms. The predicted octanol–water partition coefficient (Wildman–Crippen LogP) is 2.65. The molecule has 120 valence electrons. The molecule has 0 unspecified atom stereocenters. The van der Waals surface area contributed by atoms with Gasteiger partial charge in [0.15, 0.2) is 11.5 Å². The molecule has 0 saturated heterocycles. The summed E-state index contributed by atoms with van der Waals surface area (Å²) < 4.78 is 26.5. The van der Waals surface area contributed by atoms with Crippen LogP contribution in [0.1, 0.15) is 5.56 Å². The first kappa shape index (κ1) is 18.2. The Labute approximate surface area is 134 Å². The lowest BCUT2D eigenvalue weighted by molar-refractivity contribution is 0.0178. The van der Waals surface area contributed by atoms with E-state index in [9.17, 15) is 0 Å². The first-order chi connectivity index (χ1) is 10.3. The maximum Gasteiger partial charge on any atom is 0.161 e. The van der Waals surface area contributed by atoms with E-state index in [2.05, 4.69) is 15.9 Å². The van der Waals surface area contributed by atoms with E-state index in [1.165, 1.54) is 0 Å². The van der Waals surface area contributed by atoms with Gasteiger partial charge in [-0.2, -0.15) is 0 Å². The van der Waals surface area contributed by atoms with Gasteiger partial charge in [-0.1, -0.05) is 22.0 Å². The summed E-state index contributed by atoms with van der Waals surface area (Å²) in [5.41, 5.74) is 1.14. The monoisotopic (exact) mass is 362 g/mol. The van der Waals surface area contributed by atoms with Crippen molar-refractivity contribution in [3.63, 3.8) is 0 Å². The van der Waals surface area contributed by atoms with Crippen LogP contribution in [0.15, 0.2) is 18.2 Å². The highest BCUT2D eigenvalue weighted by molar-refractivity contribution is 9.08. The third-order valence-corrected chi connectivity index (χ3v) is 3.32. The van der Waals surface area contributed by atoms with Gasteiger partial charge in [0.2, 0.25) is 0 Å². The van der Waals surface area contributed by atoms with E-state index in [1.54, 1.807) is 14.2 Å². The van der Waals surface area contributed by atoms with Crippen molar-refractivity contribution in [2.75, 3.05) is 53.9 Å². The summed E-state index contributed by atoms with van der Waals surface area (Å²) in [7, 11) is 3.28. The minimum atomic E-state index is 0.474. The highest BCUT2D eigenvalue weighted by atomic mass is 79.9. The minimum absolute atomic E-state index is 0.474. The molecule has 0 amide bonds. The second-order valence-corrected chi connectivity index (χ2v) is 4.75. The van der Waals surface area contributed by atoms with Gasteiger partial charge in [-0.15, -0.1) is 0 Å². The molecule has 0 bridgehead atoms. The van der Waals surface area contributed by atoms with Crippen LogP contribution in [0.25, 0.3) is 0 Å². The number of hydrogen-bond donors (Lipinski definition) is 0. The van der Waals surface area contributed by atoms with Crippen molar-refractivity contribution in [3.05, 3.63) is 23.8 Å². The van der Waals surface area contributed by atoms with E-state index in [0.717, 1.165) is 22.4 Å². The Balaban J connectivity index is 2.15. The first-order valence-electron chi connectivity index (χ1n) is 6.82. The number of halogens is 1. The van der Waals surface area contributed by atoms with Gasteiger partial charge in [-0.3, -0.25) is 0 Å². The number of benzene rings is 1. The van der Waals surface area contributed by atoms with Gasteiger partial charge in [0, 0.05) is 12.4 Å². The van der Waals surface area contributed by atoms with Crippen molar-refractivity contribution in [2.24, 2.45) is 0 Å². The summed E-state index contributed by atoms with van der Waals surface area (Å²) in [6.45, 7) is 3.29. The first-order valence-corrected chi connectivity index (χ1v) is 7.94. The van der Waals surface area contributed by atoms with Gasteiger partial charge >= 0.3 is 0 Å². The molecular weight excluding hydrogens is 340 g/mol. The van der Waals surface area contributed by atoms with Crippen LogP contribution in [0.5, 0.6) is 11.5 Å². The zero-order chi connectivity index (χ0) is 15.3. The van der Waals surface area contributed by atoms with Crippen molar-refractivity contribution >= 4 is 15.9 Å². The van der Waals surface area contributed by atoms with Gasteiger partial charge < -0.3 is 23.7 Å². The van der Waals surface area contributed by atoms with Crippen LogP contribution in [-0.4, -0.2) is 53.9 Å². The Kier molecular flexibility index (Phi) is 10.2. The van der Waals surface area contributed by atoms with Crippen LogP contribution in [0.4, 0.5) is 0 Å². The van der Waals surface area contributed by atoms with Crippen LogP contribution < -0.4 is 9.47 Å². The van der Waals surface area contributed by atoms with Crippen molar-refractivity contribution in [3.8, 4) is 11.5 Å². The molecule has 0 aliphatic heterocycles. The molecule has 0 aliphatic rings. The zero-order valence-corrected chi connectivity index (χ0v) is 14.2. The van der Waals surface area contributed by atoms with E-state index in [0.29, 0.717) is 39.6 Å². The standard InChI is InChI=1S/C15H23BrO5/c1-17-5-6-19-7-8-20-9-10-21-14-4-3-13(12-16)11-15(14)18-2/h3-4,11H,5-10,12H2,1-2H3. The Bertz CT molecular complexity index is 386. The maximum absolute atomic E-state index is 5.65. The van der Waals surface area contributed by atoms with Crippen molar-refractivity contribution in [2.45, 2.75) is 5.33 Å². The van der Waals surface area contributed by atoms with Gasteiger partial charge in [-0.25, -0.2) is 0 Å². The summed E-state index contributed by atoms with van der Waals surface area (Å²) in [5, 5.41) is 0.788. The largest absolute Gasteiger partial charge is 0.493 e. The summed E-state index contributed by atoms with van der Waals surface area (Å²) in [6.07, 6.45) is 0. The van der Waals surface area contributed by atoms with Crippen LogP contribution >= 0.6 is 15.9 Å². The van der Waals surface area contributed by atoms with Gasteiger partial charge in [0.1, 0.15) is 6.61 Å². The van der Waals surface area contributed by atoms with Crippen molar-refractivity contribution in [1.29, 1.82) is 0 Å². The van der Waals surface area contributed by atoms with E-state index >= 15 is 0 Å². The molecule has 0 spiro atoms. The smallest absolute Gasteiger partial charge is 0.161 e. The zero-order valence-electron chi connectivity index (χ0n) is 12.6. The lowest BCUT2D eigenvalue weighted by atomic mass is 10.2. The highest BCUT2D eigenvalue weighted by Crippen LogP contribution is 2.28. The molecule has 1 aromatic carbocycles. The van der Waals surface area contributed by atoms with Crippen LogP contribution in [0.3, 0.4) is 0 Å². The predicted molar refractivity (Wildman–Crippen MR) is 84.6 cm³/mol. The van der Waals surface area contributed by atoms with Gasteiger partial charge in [-0.05, 0) is 17.7 Å². The molecule has 0 fully saturated rings. The molecule has 0 atom stereocenters. The number of hydrogen-bond acceptors (Lipinski definition) is 5. The lowest BCUT2D eigenvalue weighted by Crippen LogP contribution is -2.12. The Hall–Kier alpha value is -0.820. The minimum Gasteiger partial charge on any atom is -0.493 e. The fraction of sp³-hybridized carbons (Fsp3) is 0.600. The number of ether oxygens (including phenoxy) is 5. The summed E-state index contributed by atoms with van der Waals surface area (Å²) in [6, 6.07) is 5.86. The molecule has 0 aromatic heterocycles. The number of rotatable bonds is 12. The number of methoxy groups -OCH3 is 2. The van der Waals surface area contributed by atoms with Crippen molar-refractivity contribution in [1.82, 2.24) is 0 Å². The summed E-state index contributed by atoms with van der Waals surface area (Å²) >= 11 is 3.41. The number of alkyl halides is 1. The Morgan fingerprint density at radius 1 is 0.857 bits per heavy atom. The topological polar surface area (TPSA) is 46.2 Å². The third kappa shape index (κ3) is 7.66. The molecule has 0 heterocycles. The Morgan fingerprint density at radius 3 is 2.14 bits per heavy atom. The van der Waals surface area contributed by atoms with E-state index in [1.807, 2.05) is 18.2 Å². The fourth-order valence-corrected chi connectivity index (χ4v) is 1.94. The average Bonchev–Trinajstić information content (AvgIpc) is 2.53. The molecule has 6 heteroatoms. The molecule has 1 aromatic rings. The van der Waals surface area contributed by atoms with Crippen LogP contribution in [0, 0.1) is 0 Å². The fourth-order valence-electron chi connectivity index (χ4n) is 1.59. The molecular formula is C15H23BrO5. The van der Waals surface area contributed by atoms with E-state index < -0.39 is 0 Å². The SMILES string of the molecule is COCCOCCOCCOc1ccc(CBr)cc1OC. The highest BCUT2D eigenvalue weighted by Gasteiger charge is 2.05. The molecule has 1 rings (SSSR count). The van der Waals surface area contributed by atoms with Crippen LogP contribution in [0.2, 0.25) is 0 Å². The normalized spacial score (nSPS) is 10.6. The quantitative estimate of drug-likeness (QED) is 0.422. The lowest BCUT2D eigenvalue weighted by Gasteiger charge is -2.12.